The zero-order valence-corrected chi connectivity index (χ0v) is 17.8. The highest BCUT2D eigenvalue weighted by Gasteiger charge is 2.11. The third kappa shape index (κ3) is 4.56. The van der Waals surface area contributed by atoms with Gasteiger partial charge in [-0.25, -0.2) is 4.98 Å². The van der Waals surface area contributed by atoms with E-state index in [0.29, 0.717) is 19.0 Å². The van der Waals surface area contributed by atoms with Crippen molar-refractivity contribution in [1.82, 2.24) is 19.9 Å². The average molecular weight is 403 g/mol. The number of aryl methyl sites for hydroxylation is 2. The minimum Gasteiger partial charge on any atom is -0.356 e. The van der Waals surface area contributed by atoms with Crippen LogP contribution in [-0.4, -0.2) is 27.0 Å². The van der Waals surface area contributed by atoms with E-state index >= 15 is 0 Å². The van der Waals surface area contributed by atoms with Gasteiger partial charge in [-0.1, -0.05) is 30.3 Å². The number of carbonyl (C=O) groups is 1. The molecule has 0 aliphatic heterocycles. The highest BCUT2D eigenvalue weighted by Crippen LogP contribution is 2.25. The summed E-state index contributed by atoms with van der Waals surface area (Å²) in [5.74, 6) is 1.11. The van der Waals surface area contributed by atoms with Gasteiger partial charge in [-0.05, 0) is 56.9 Å². The maximum Gasteiger partial charge on any atom is 0.220 e. The summed E-state index contributed by atoms with van der Waals surface area (Å²) < 4.78 is 2.32. The van der Waals surface area contributed by atoms with Crippen molar-refractivity contribution in [2.45, 2.75) is 52.0 Å². The molecule has 0 unspecified atom stereocenters. The third-order valence-corrected chi connectivity index (χ3v) is 5.58. The Labute approximate surface area is 177 Å². The number of hydrogen-bond acceptors (Lipinski definition) is 2. The van der Waals surface area contributed by atoms with Gasteiger partial charge in [0.1, 0.15) is 5.82 Å². The number of H-pyrrole nitrogens is 1. The molecule has 0 atom stereocenters. The summed E-state index contributed by atoms with van der Waals surface area (Å²) in [6.45, 7) is 5.09. The van der Waals surface area contributed by atoms with Crippen LogP contribution in [0.25, 0.3) is 21.9 Å². The van der Waals surface area contributed by atoms with E-state index in [4.69, 9.17) is 0 Å². The summed E-state index contributed by atoms with van der Waals surface area (Å²) in [7, 11) is 0. The van der Waals surface area contributed by atoms with E-state index in [1.54, 1.807) is 0 Å². The van der Waals surface area contributed by atoms with Gasteiger partial charge in [0.2, 0.25) is 5.91 Å². The topological polar surface area (TPSA) is 62.7 Å². The van der Waals surface area contributed by atoms with Gasteiger partial charge in [-0.2, -0.15) is 0 Å². The zero-order valence-electron chi connectivity index (χ0n) is 17.8. The van der Waals surface area contributed by atoms with Crippen molar-refractivity contribution in [2.24, 2.45) is 0 Å². The molecule has 156 valence electrons. The van der Waals surface area contributed by atoms with Crippen molar-refractivity contribution in [3.8, 4) is 0 Å². The molecule has 0 radical (unpaired) electrons. The summed E-state index contributed by atoms with van der Waals surface area (Å²) in [4.78, 5) is 20.1. The molecule has 2 aromatic heterocycles. The Kier molecular flexibility index (Phi) is 6.17. The zero-order chi connectivity index (χ0) is 20.9. The average Bonchev–Trinajstić information content (AvgIpc) is 3.33. The number of nitrogens with zero attached hydrogens (tertiary/aromatic N) is 2. The Bertz CT molecular complexity index is 1110. The number of benzene rings is 2. The highest BCUT2D eigenvalue weighted by atomic mass is 16.1. The van der Waals surface area contributed by atoms with Crippen LogP contribution in [0.5, 0.6) is 0 Å². The molecule has 30 heavy (non-hydrogen) atoms. The van der Waals surface area contributed by atoms with Crippen LogP contribution in [0.15, 0.2) is 54.7 Å². The molecule has 2 heterocycles. The van der Waals surface area contributed by atoms with Gasteiger partial charge >= 0.3 is 0 Å². The fourth-order valence-corrected chi connectivity index (χ4v) is 4.04. The van der Waals surface area contributed by atoms with Crippen LogP contribution >= 0.6 is 0 Å². The molecule has 5 nitrogen and oxygen atoms in total. The minimum atomic E-state index is 0.132. The first kappa shape index (κ1) is 20.2. The number of fused-ring (bicyclic) bond motifs is 2. The first-order valence-electron chi connectivity index (χ1n) is 10.9. The third-order valence-electron chi connectivity index (χ3n) is 5.58. The van der Waals surface area contributed by atoms with Gasteiger partial charge in [-0.3, -0.25) is 4.79 Å². The monoisotopic (exact) mass is 402 g/mol. The largest absolute Gasteiger partial charge is 0.356 e. The quantitative estimate of drug-likeness (QED) is 0.379. The molecule has 0 spiro atoms. The number of aromatic nitrogens is 3. The molecule has 0 saturated heterocycles. The molecular weight excluding hydrogens is 372 g/mol. The number of rotatable bonds is 9. The second-order valence-corrected chi connectivity index (χ2v) is 8.18. The Morgan fingerprint density at radius 1 is 1.07 bits per heavy atom. The summed E-state index contributed by atoms with van der Waals surface area (Å²) >= 11 is 0. The Hall–Kier alpha value is -3.08. The number of hydrogen-bond donors (Lipinski definition) is 2. The van der Waals surface area contributed by atoms with Crippen LogP contribution in [0.2, 0.25) is 0 Å². The molecule has 0 fully saturated rings. The Balaban J connectivity index is 1.21. The second-order valence-electron chi connectivity index (χ2n) is 8.18. The maximum absolute atomic E-state index is 12.2. The first-order valence-corrected chi connectivity index (χ1v) is 10.9. The smallest absolute Gasteiger partial charge is 0.220 e. The molecule has 4 aromatic rings. The summed E-state index contributed by atoms with van der Waals surface area (Å²) in [6.07, 6.45) is 6.32. The molecule has 1 amide bonds. The Morgan fingerprint density at radius 3 is 2.70 bits per heavy atom. The SMILES string of the molecule is CC(C)n1cc(CCCC(=O)NCCCc2nc3ccccc3[nH]2)c2ccccc21. The van der Waals surface area contributed by atoms with Crippen LogP contribution in [0, 0.1) is 0 Å². The lowest BCUT2D eigenvalue weighted by Crippen LogP contribution is -2.24. The van der Waals surface area contributed by atoms with E-state index in [9.17, 15) is 4.79 Å². The lowest BCUT2D eigenvalue weighted by Gasteiger charge is -2.08. The standard InChI is InChI=1S/C25H30N4O/c1-18(2)29-17-19(20-10-3-6-13-23(20)29)9-7-15-25(30)26-16-8-14-24-27-21-11-4-5-12-22(21)28-24/h3-6,10-13,17-18H,7-9,14-16H2,1-2H3,(H,26,30)(H,27,28). The Morgan fingerprint density at radius 2 is 1.87 bits per heavy atom. The van der Waals surface area contributed by atoms with Crippen molar-refractivity contribution in [2.75, 3.05) is 6.54 Å². The summed E-state index contributed by atoms with van der Waals surface area (Å²) in [6, 6.07) is 17.0. The summed E-state index contributed by atoms with van der Waals surface area (Å²) in [5.41, 5.74) is 4.67. The molecule has 0 bridgehead atoms. The van der Waals surface area contributed by atoms with E-state index in [-0.39, 0.29) is 5.91 Å². The number of amides is 1. The van der Waals surface area contributed by atoms with Gasteiger partial charge in [0.15, 0.2) is 0 Å². The fraction of sp³-hybridized carbons (Fsp3) is 0.360. The molecule has 0 aliphatic carbocycles. The van der Waals surface area contributed by atoms with Crippen LogP contribution in [0.1, 0.15) is 50.5 Å². The van der Waals surface area contributed by atoms with Gasteiger partial charge in [0.25, 0.3) is 0 Å². The molecular formula is C25H30N4O. The van der Waals surface area contributed by atoms with Crippen molar-refractivity contribution < 1.29 is 4.79 Å². The van der Waals surface area contributed by atoms with Gasteiger partial charge in [0, 0.05) is 42.5 Å². The van der Waals surface area contributed by atoms with Crippen LogP contribution in [0.3, 0.4) is 0 Å². The van der Waals surface area contributed by atoms with Gasteiger partial charge < -0.3 is 14.9 Å². The minimum absolute atomic E-state index is 0.132. The lowest BCUT2D eigenvalue weighted by molar-refractivity contribution is -0.121. The number of carbonyl (C=O) groups excluding carboxylic acids is 1. The van der Waals surface area contributed by atoms with Gasteiger partial charge in [0.05, 0.1) is 11.0 Å². The van der Waals surface area contributed by atoms with Crippen molar-refractivity contribution in [1.29, 1.82) is 0 Å². The van der Waals surface area contributed by atoms with E-state index < -0.39 is 0 Å². The molecule has 2 aromatic carbocycles. The van der Waals surface area contributed by atoms with Crippen molar-refractivity contribution >= 4 is 27.8 Å². The van der Waals surface area contributed by atoms with Crippen molar-refractivity contribution in [3.63, 3.8) is 0 Å². The van der Waals surface area contributed by atoms with Crippen molar-refractivity contribution in [3.05, 3.63) is 66.1 Å². The molecule has 0 saturated carbocycles. The number of aromatic amines is 1. The second kappa shape index (κ2) is 9.16. The van der Waals surface area contributed by atoms with Crippen LogP contribution in [-0.2, 0) is 17.6 Å². The van der Waals surface area contributed by atoms with Crippen LogP contribution in [0.4, 0.5) is 0 Å². The molecule has 5 heteroatoms. The number of para-hydroxylation sites is 3. The van der Waals surface area contributed by atoms with E-state index in [0.717, 1.165) is 42.5 Å². The molecule has 0 aliphatic rings. The van der Waals surface area contributed by atoms with E-state index in [1.807, 2.05) is 24.3 Å². The van der Waals surface area contributed by atoms with E-state index in [2.05, 4.69) is 64.2 Å². The molecule has 2 N–H and O–H groups in total. The predicted octanol–water partition coefficient (Wildman–Crippen LogP) is 5.17. The van der Waals surface area contributed by atoms with Gasteiger partial charge in [-0.15, -0.1) is 0 Å². The first-order chi connectivity index (χ1) is 14.6. The molecule has 4 rings (SSSR count). The number of imidazole rings is 1. The maximum atomic E-state index is 12.2. The van der Waals surface area contributed by atoms with Crippen LogP contribution < -0.4 is 5.32 Å². The van der Waals surface area contributed by atoms with E-state index in [1.165, 1.54) is 16.5 Å². The fourth-order valence-electron chi connectivity index (χ4n) is 4.04. The highest BCUT2D eigenvalue weighted by molar-refractivity contribution is 5.84. The predicted molar refractivity (Wildman–Crippen MR) is 123 cm³/mol. The normalized spacial score (nSPS) is 11.6. The lowest BCUT2D eigenvalue weighted by atomic mass is 10.1. The summed E-state index contributed by atoms with van der Waals surface area (Å²) in [5, 5.41) is 4.35. The number of nitrogens with one attached hydrogen (secondary N) is 2.